The molecule has 5 nitrogen and oxygen atoms in total. The first-order valence-electron chi connectivity index (χ1n) is 6.23. The van der Waals surface area contributed by atoms with Gasteiger partial charge in [-0.1, -0.05) is 18.2 Å². The van der Waals surface area contributed by atoms with Gasteiger partial charge in [0.2, 0.25) is 5.91 Å². The molecule has 1 atom stereocenters. The van der Waals surface area contributed by atoms with Gasteiger partial charge in [0.15, 0.2) is 0 Å². The van der Waals surface area contributed by atoms with Crippen molar-refractivity contribution in [2.24, 2.45) is 5.73 Å². The third-order valence-corrected chi connectivity index (χ3v) is 3.81. The van der Waals surface area contributed by atoms with E-state index in [1.807, 2.05) is 6.07 Å². The molecule has 0 spiro atoms. The van der Waals surface area contributed by atoms with Crippen LogP contribution in [0.25, 0.3) is 10.9 Å². The highest BCUT2D eigenvalue weighted by atomic mass is 16.4. The van der Waals surface area contributed by atoms with Crippen molar-refractivity contribution in [3.63, 3.8) is 0 Å². The average molecular weight is 257 g/mol. The fraction of sp³-hybridized carbons (Fsp3) is 0.286. The van der Waals surface area contributed by atoms with E-state index in [9.17, 15) is 14.7 Å². The highest BCUT2D eigenvalue weighted by Gasteiger charge is 2.28. The first-order valence-corrected chi connectivity index (χ1v) is 6.23. The number of nitrogens with one attached hydrogen (secondary N) is 1. The van der Waals surface area contributed by atoms with Crippen LogP contribution in [0.3, 0.4) is 0 Å². The Kier molecular flexibility index (Phi) is 2.55. The Morgan fingerprint density at radius 1 is 1.37 bits per heavy atom. The lowest BCUT2D eigenvalue weighted by atomic mass is 9.86. The van der Waals surface area contributed by atoms with Crippen molar-refractivity contribution >= 4 is 22.8 Å². The van der Waals surface area contributed by atoms with Gasteiger partial charge in [-0.05, 0) is 24.8 Å². The molecule has 2 aromatic rings. The van der Waals surface area contributed by atoms with E-state index >= 15 is 0 Å². The van der Waals surface area contributed by atoms with Gasteiger partial charge >= 0.3 is 0 Å². The molecular weight excluding hydrogens is 244 g/mol. The molecule has 0 radical (unpaired) electrons. The molecule has 5 heteroatoms. The number of carbonyl (C=O) groups excluding carboxylic acids is 2. The molecular formula is C14H13N2O3-. The zero-order valence-corrected chi connectivity index (χ0v) is 10.2. The van der Waals surface area contributed by atoms with E-state index in [2.05, 4.69) is 4.98 Å². The zero-order chi connectivity index (χ0) is 13.6. The molecule has 1 aromatic heterocycles. The predicted molar refractivity (Wildman–Crippen MR) is 67.5 cm³/mol. The molecule has 1 heterocycles. The predicted octanol–water partition coefficient (Wildman–Crippen LogP) is 0.437. The molecule has 1 aliphatic carbocycles. The first kappa shape index (κ1) is 11.8. The minimum atomic E-state index is -1.22. The van der Waals surface area contributed by atoms with Crippen LogP contribution in [-0.2, 0) is 11.2 Å². The van der Waals surface area contributed by atoms with Crippen LogP contribution in [0.1, 0.15) is 40.4 Å². The van der Waals surface area contributed by atoms with Gasteiger partial charge in [-0.2, -0.15) is 0 Å². The SMILES string of the molecule is NC(=O)[C@@H]1CCCc2c1[nH]c1c(C(=O)[O-])cccc21. The van der Waals surface area contributed by atoms with Crippen molar-refractivity contribution in [1.29, 1.82) is 0 Å². The van der Waals surface area contributed by atoms with Crippen LogP contribution in [0.4, 0.5) is 0 Å². The number of carbonyl (C=O) groups is 2. The summed E-state index contributed by atoms with van der Waals surface area (Å²) in [5, 5.41) is 12.0. The van der Waals surface area contributed by atoms with Gasteiger partial charge in [-0.15, -0.1) is 0 Å². The van der Waals surface area contributed by atoms with Crippen molar-refractivity contribution in [3.05, 3.63) is 35.0 Å². The summed E-state index contributed by atoms with van der Waals surface area (Å²) in [5.41, 5.74) is 7.84. The second-order valence-electron chi connectivity index (χ2n) is 4.88. The number of aromatic carboxylic acids is 1. The quantitative estimate of drug-likeness (QED) is 0.816. The maximum atomic E-state index is 11.5. The van der Waals surface area contributed by atoms with Crippen LogP contribution in [0, 0.1) is 0 Å². The van der Waals surface area contributed by atoms with Crippen LogP contribution >= 0.6 is 0 Å². The average Bonchev–Trinajstić information content (AvgIpc) is 2.76. The van der Waals surface area contributed by atoms with Gasteiger partial charge in [-0.25, -0.2) is 0 Å². The number of aromatic nitrogens is 1. The van der Waals surface area contributed by atoms with Crippen LogP contribution in [0.5, 0.6) is 0 Å². The highest BCUT2D eigenvalue weighted by molar-refractivity contribution is 6.03. The van der Waals surface area contributed by atoms with Crippen molar-refractivity contribution in [1.82, 2.24) is 4.98 Å². The van der Waals surface area contributed by atoms with Crippen molar-refractivity contribution < 1.29 is 14.7 Å². The topological polar surface area (TPSA) is 99.0 Å². The van der Waals surface area contributed by atoms with Crippen molar-refractivity contribution in [3.8, 4) is 0 Å². The highest BCUT2D eigenvalue weighted by Crippen LogP contribution is 2.36. The van der Waals surface area contributed by atoms with E-state index in [0.717, 1.165) is 29.5 Å². The van der Waals surface area contributed by atoms with E-state index in [-0.39, 0.29) is 17.4 Å². The smallest absolute Gasteiger partial charge is 0.226 e. The largest absolute Gasteiger partial charge is 0.545 e. The Morgan fingerprint density at radius 2 is 2.16 bits per heavy atom. The third kappa shape index (κ3) is 1.69. The number of aryl methyl sites for hydroxylation is 1. The number of para-hydroxylation sites is 1. The Morgan fingerprint density at radius 3 is 2.84 bits per heavy atom. The summed E-state index contributed by atoms with van der Waals surface area (Å²) in [4.78, 5) is 25.7. The number of benzene rings is 1. The van der Waals surface area contributed by atoms with E-state index in [1.54, 1.807) is 6.07 Å². The zero-order valence-electron chi connectivity index (χ0n) is 10.2. The number of nitrogens with two attached hydrogens (primary N) is 1. The number of carboxylic acids is 1. The molecule has 3 rings (SSSR count). The fourth-order valence-corrected chi connectivity index (χ4v) is 2.94. The van der Waals surface area contributed by atoms with E-state index in [1.165, 1.54) is 6.07 Å². The summed E-state index contributed by atoms with van der Waals surface area (Å²) in [7, 11) is 0. The summed E-state index contributed by atoms with van der Waals surface area (Å²) in [6, 6.07) is 5.05. The molecule has 0 fully saturated rings. The molecule has 0 bridgehead atoms. The molecule has 1 amide bonds. The Bertz CT molecular complexity index is 687. The standard InChI is InChI=1S/C14H14N2O3/c15-13(17)9-5-1-3-7-8-4-2-6-10(14(18)19)12(8)16-11(7)9/h2,4,6,9,16H,1,3,5H2,(H2,15,17)(H,18,19)/p-1/t9-/m1/s1. The van der Waals surface area contributed by atoms with Crippen molar-refractivity contribution in [2.45, 2.75) is 25.2 Å². The molecule has 1 aliphatic rings. The lowest BCUT2D eigenvalue weighted by Gasteiger charge is -2.19. The maximum absolute atomic E-state index is 11.5. The third-order valence-electron chi connectivity index (χ3n) is 3.81. The number of rotatable bonds is 2. The number of fused-ring (bicyclic) bond motifs is 3. The van der Waals surface area contributed by atoms with Crippen molar-refractivity contribution in [2.75, 3.05) is 0 Å². The Hall–Kier alpha value is -2.30. The van der Waals surface area contributed by atoms with Crippen LogP contribution in [0.2, 0.25) is 0 Å². The molecule has 0 saturated carbocycles. The van der Waals surface area contributed by atoms with E-state index in [4.69, 9.17) is 5.73 Å². The number of primary amides is 1. The first-order chi connectivity index (χ1) is 9.09. The summed E-state index contributed by atoms with van der Waals surface area (Å²) in [6.45, 7) is 0. The number of hydrogen-bond donors (Lipinski definition) is 2. The lowest BCUT2D eigenvalue weighted by Crippen LogP contribution is -2.25. The molecule has 98 valence electrons. The summed E-state index contributed by atoms with van der Waals surface area (Å²) >= 11 is 0. The van der Waals surface area contributed by atoms with Gasteiger partial charge in [0, 0.05) is 16.6 Å². The normalized spacial score (nSPS) is 18.2. The molecule has 1 aromatic carbocycles. The fourth-order valence-electron chi connectivity index (χ4n) is 2.94. The molecule has 0 aliphatic heterocycles. The minimum Gasteiger partial charge on any atom is -0.545 e. The summed E-state index contributed by atoms with van der Waals surface area (Å²) in [5.74, 6) is -1.95. The van der Waals surface area contributed by atoms with Crippen LogP contribution < -0.4 is 10.8 Å². The maximum Gasteiger partial charge on any atom is 0.226 e. The van der Waals surface area contributed by atoms with E-state index < -0.39 is 5.97 Å². The lowest BCUT2D eigenvalue weighted by molar-refractivity contribution is -0.254. The summed E-state index contributed by atoms with van der Waals surface area (Å²) in [6.07, 6.45) is 2.41. The Labute approximate surface area is 109 Å². The van der Waals surface area contributed by atoms with Crippen LogP contribution in [-0.4, -0.2) is 16.9 Å². The second-order valence-corrected chi connectivity index (χ2v) is 4.88. The van der Waals surface area contributed by atoms with Gasteiger partial charge in [-0.3, -0.25) is 4.79 Å². The number of hydrogen-bond acceptors (Lipinski definition) is 3. The number of aromatic amines is 1. The molecule has 0 saturated heterocycles. The monoisotopic (exact) mass is 257 g/mol. The summed E-state index contributed by atoms with van der Waals surface area (Å²) < 4.78 is 0. The van der Waals surface area contributed by atoms with Gasteiger partial charge in [0.1, 0.15) is 0 Å². The van der Waals surface area contributed by atoms with Gasteiger partial charge in [0.25, 0.3) is 0 Å². The number of H-pyrrole nitrogens is 1. The van der Waals surface area contributed by atoms with Crippen LogP contribution in [0.15, 0.2) is 18.2 Å². The number of carboxylic acid groups (broad SMARTS) is 1. The molecule has 3 N–H and O–H groups in total. The molecule has 19 heavy (non-hydrogen) atoms. The van der Waals surface area contributed by atoms with Gasteiger partial charge in [0.05, 0.1) is 17.4 Å². The van der Waals surface area contributed by atoms with E-state index in [0.29, 0.717) is 11.9 Å². The Balaban J connectivity index is 2.29. The molecule has 0 unspecified atom stereocenters. The number of amides is 1. The van der Waals surface area contributed by atoms with Gasteiger partial charge < -0.3 is 20.6 Å². The minimum absolute atomic E-state index is 0.120. The second kappa shape index (κ2) is 4.12.